The van der Waals surface area contributed by atoms with Crippen LogP contribution < -0.4 is 4.74 Å². The quantitative estimate of drug-likeness (QED) is 0.761. The molecule has 96 valence electrons. The molecule has 1 unspecified atom stereocenters. The minimum absolute atomic E-state index is 0.0814. The Morgan fingerprint density at radius 3 is 2.63 bits per heavy atom. The normalized spacial score (nSPS) is 17.8. The molecular weight excluding hydrogens is 283 g/mol. The number of rotatable bonds is 1. The second kappa shape index (κ2) is 4.87. The fraction of sp³-hybridized carbons (Fsp3) is 0.133. The lowest BCUT2D eigenvalue weighted by molar-refractivity contribution is 0.0850. The van der Waals surface area contributed by atoms with E-state index in [2.05, 4.69) is 0 Å². The van der Waals surface area contributed by atoms with Crippen LogP contribution in [-0.2, 0) is 0 Å². The van der Waals surface area contributed by atoms with Gasteiger partial charge in [0.05, 0.1) is 22.0 Å². The molecule has 0 saturated heterocycles. The third-order valence-corrected chi connectivity index (χ3v) is 3.88. The molecule has 2 nitrogen and oxygen atoms in total. The minimum Gasteiger partial charge on any atom is -0.484 e. The van der Waals surface area contributed by atoms with Crippen LogP contribution in [0.25, 0.3) is 0 Å². The van der Waals surface area contributed by atoms with Gasteiger partial charge in [0.2, 0.25) is 0 Å². The van der Waals surface area contributed by atoms with E-state index in [-0.39, 0.29) is 11.9 Å². The van der Waals surface area contributed by atoms with Crippen molar-refractivity contribution in [2.24, 2.45) is 0 Å². The van der Waals surface area contributed by atoms with Crippen molar-refractivity contribution in [2.75, 3.05) is 0 Å². The van der Waals surface area contributed by atoms with Gasteiger partial charge in [0.25, 0.3) is 0 Å². The topological polar surface area (TPSA) is 26.3 Å². The van der Waals surface area contributed by atoms with E-state index >= 15 is 0 Å². The van der Waals surface area contributed by atoms with Gasteiger partial charge in [-0.3, -0.25) is 4.79 Å². The van der Waals surface area contributed by atoms with Gasteiger partial charge in [0.15, 0.2) is 5.78 Å². The van der Waals surface area contributed by atoms with Crippen molar-refractivity contribution in [3.05, 3.63) is 63.6 Å². The molecule has 19 heavy (non-hydrogen) atoms. The van der Waals surface area contributed by atoms with Gasteiger partial charge in [-0.05, 0) is 29.8 Å². The lowest BCUT2D eigenvalue weighted by atomic mass is 9.96. The second-order valence-electron chi connectivity index (χ2n) is 4.40. The summed E-state index contributed by atoms with van der Waals surface area (Å²) >= 11 is 11.9. The largest absolute Gasteiger partial charge is 0.484 e. The molecule has 2 aromatic rings. The maximum absolute atomic E-state index is 12.1. The van der Waals surface area contributed by atoms with Gasteiger partial charge < -0.3 is 4.74 Å². The van der Waals surface area contributed by atoms with E-state index < -0.39 is 0 Å². The molecule has 0 aromatic heterocycles. The number of Topliss-reactive ketones (excluding diaryl/α,β-unsaturated/α-hetero) is 1. The van der Waals surface area contributed by atoms with Crippen LogP contribution >= 0.6 is 23.2 Å². The Hall–Kier alpha value is -1.51. The number of halogens is 2. The van der Waals surface area contributed by atoms with Crippen molar-refractivity contribution >= 4 is 29.0 Å². The number of ether oxygens (including phenoxy) is 1. The van der Waals surface area contributed by atoms with Crippen LogP contribution in [0.1, 0.15) is 28.4 Å². The van der Waals surface area contributed by atoms with Gasteiger partial charge in [0, 0.05) is 0 Å². The number of fused-ring (bicyclic) bond motifs is 1. The summed E-state index contributed by atoms with van der Waals surface area (Å²) in [6.07, 6.45) is 0.00628. The number of carbonyl (C=O) groups is 1. The van der Waals surface area contributed by atoms with E-state index in [9.17, 15) is 4.79 Å². The van der Waals surface area contributed by atoms with Crippen molar-refractivity contribution in [1.29, 1.82) is 0 Å². The predicted molar refractivity (Wildman–Crippen MR) is 75.2 cm³/mol. The van der Waals surface area contributed by atoms with E-state index in [0.717, 1.165) is 5.56 Å². The molecule has 0 bridgehead atoms. The van der Waals surface area contributed by atoms with E-state index in [1.54, 1.807) is 24.3 Å². The fourth-order valence-electron chi connectivity index (χ4n) is 2.17. The Balaban J connectivity index is 1.96. The van der Waals surface area contributed by atoms with E-state index in [1.807, 2.05) is 18.2 Å². The average Bonchev–Trinajstić information content (AvgIpc) is 2.42. The van der Waals surface area contributed by atoms with Gasteiger partial charge in [-0.1, -0.05) is 41.4 Å². The highest BCUT2D eigenvalue weighted by Crippen LogP contribution is 2.36. The molecule has 0 amide bonds. The highest BCUT2D eigenvalue weighted by atomic mass is 35.5. The third kappa shape index (κ3) is 2.34. The molecule has 0 spiro atoms. The molecule has 1 heterocycles. The molecule has 4 heteroatoms. The molecular formula is C15H10Cl2O2. The van der Waals surface area contributed by atoms with Gasteiger partial charge in [-0.2, -0.15) is 0 Å². The Bertz CT molecular complexity index is 652. The lowest BCUT2D eigenvalue weighted by Gasteiger charge is -2.25. The van der Waals surface area contributed by atoms with Crippen molar-refractivity contribution < 1.29 is 9.53 Å². The minimum atomic E-state index is -0.308. The number of carbonyl (C=O) groups excluding carboxylic acids is 1. The van der Waals surface area contributed by atoms with Crippen molar-refractivity contribution in [2.45, 2.75) is 12.5 Å². The summed E-state index contributed by atoms with van der Waals surface area (Å²) in [4.78, 5) is 12.1. The third-order valence-electron chi connectivity index (χ3n) is 3.14. The van der Waals surface area contributed by atoms with Crippen molar-refractivity contribution in [3.8, 4) is 5.75 Å². The number of para-hydroxylation sites is 1. The highest BCUT2D eigenvalue weighted by Gasteiger charge is 2.27. The maximum atomic E-state index is 12.1. The number of benzene rings is 2. The zero-order valence-electron chi connectivity index (χ0n) is 9.90. The van der Waals surface area contributed by atoms with Crippen molar-refractivity contribution in [1.82, 2.24) is 0 Å². The molecule has 3 rings (SSSR count). The summed E-state index contributed by atoms with van der Waals surface area (Å²) in [7, 11) is 0. The Morgan fingerprint density at radius 2 is 1.84 bits per heavy atom. The smallest absolute Gasteiger partial charge is 0.170 e. The van der Waals surface area contributed by atoms with E-state index in [0.29, 0.717) is 27.8 Å². The van der Waals surface area contributed by atoms with Gasteiger partial charge in [0.1, 0.15) is 11.9 Å². The molecule has 0 saturated carbocycles. The standard InChI is InChI=1S/C15H10Cl2O2/c16-11-6-5-9(7-12(11)17)15-8-13(18)10-3-1-2-4-14(10)19-15/h1-7,15H,8H2. The Labute approximate surface area is 120 Å². The fourth-order valence-corrected chi connectivity index (χ4v) is 2.48. The highest BCUT2D eigenvalue weighted by molar-refractivity contribution is 6.42. The van der Waals surface area contributed by atoms with E-state index in [4.69, 9.17) is 27.9 Å². The zero-order chi connectivity index (χ0) is 13.4. The second-order valence-corrected chi connectivity index (χ2v) is 5.22. The van der Waals surface area contributed by atoms with Crippen LogP contribution in [0.3, 0.4) is 0 Å². The summed E-state index contributed by atoms with van der Waals surface area (Å²) < 4.78 is 5.86. The summed E-state index contributed by atoms with van der Waals surface area (Å²) in [5.41, 5.74) is 1.50. The molecule has 2 aromatic carbocycles. The first-order valence-corrected chi connectivity index (χ1v) is 6.64. The SMILES string of the molecule is O=C1CC(c2ccc(Cl)c(Cl)c2)Oc2ccccc21. The van der Waals surface area contributed by atoms with Gasteiger partial charge in [-0.25, -0.2) is 0 Å². The van der Waals surface area contributed by atoms with E-state index in [1.165, 1.54) is 0 Å². The molecule has 0 N–H and O–H groups in total. The summed E-state index contributed by atoms with van der Waals surface area (Å²) in [5, 5.41) is 0.960. The monoisotopic (exact) mass is 292 g/mol. The summed E-state index contributed by atoms with van der Waals surface area (Å²) in [6, 6.07) is 12.6. The lowest BCUT2D eigenvalue weighted by Crippen LogP contribution is -2.20. The van der Waals surface area contributed by atoms with Crippen LogP contribution in [0.15, 0.2) is 42.5 Å². The Morgan fingerprint density at radius 1 is 1.05 bits per heavy atom. The van der Waals surface area contributed by atoms with Crippen LogP contribution in [0.2, 0.25) is 10.0 Å². The molecule has 1 atom stereocenters. The molecule has 0 radical (unpaired) electrons. The summed E-state index contributed by atoms with van der Waals surface area (Å²) in [6.45, 7) is 0. The average molecular weight is 293 g/mol. The number of hydrogen-bond acceptors (Lipinski definition) is 2. The first-order chi connectivity index (χ1) is 9.15. The maximum Gasteiger partial charge on any atom is 0.170 e. The molecule has 1 aliphatic heterocycles. The molecule has 0 fully saturated rings. The summed E-state index contributed by atoms with van der Waals surface area (Å²) in [5.74, 6) is 0.702. The predicted octanol–water partition coefficient (Wildman–Crippen LogP) is 4.70. The van der Waals surface area contributed by atoms with Crippen LogP contribution in [-0.4, -0.2) is 5.78 Å². The van der Waals surface area contributed by atoms with Crippen LogP contribution in [0.5, 0.6) is 5.75 Å². The first-order valence-electron chi connectivity index (χ1n) is 5.89. The zero-order valence-corrected chi connectivity index (χ0v) is 11.4. The van der Waals surface area contributed by atoms with Gasteiger partial charge in [-0.15, -0.1) is 0 Å². The van der Waals surface area contributed by atoms with Crippen molar-refractivity contribution in [3.63, 3.8) is 0 Å². The van der Waals surface area contributed by atoms with Gasteiger partial charge >= 0.3 is 0 Å². The van der Waals surface area contributed by atoms with Crippen LogP contribution in [0.4, 0.5) is 0 Å². The number of ketones is 1. The Kier molecular flexibility index (Phi) is 3.21. The molecule has 0 aliphatic carbocycles. The number of hydrogen-bond donors (Lipinski definition) is 0. The van der Waals surface area contributed by atoms with Crippen LogP contribution in [0, 0.1) is 0 Å². The first kappa shape index (κ1) is 12.5. The molecule has 1 aliphatic rings.